The van der Waals surface area contributed by atoms with Crippen LogP contribution >= 0.6 is 0 Å². The van der Waals surface area contributed by atoms with E-state index >= 15 is 0 Å². The summed E-state index contributed by atoms with van der Waals surface area (Å²) in [4.78, 5) is 9.72. The maximum Gasteiger partial charge on any atom is 0.304 e. The minimum absolute atomic E-state index is 0.225. The summed E-state index contributed by atoms with van der Waals surface area (Å²) in [6.07, 6.45) is 0. The highest BCUT2D eigenvalue weighted by Crippen LogP contribution is 2.29. The van der Waals surface area contributed by atoms with Gasteiger partial charge < -0.3 is 10.4 Å². The molecule has 21 heavy (non-hydrogen) atoms. The van der Waals surface area contributed by atoms with Gasteiger partial charge in [-0.25, -0.2) is 4.39 Å². The average Bonchev–Trinajstić information content (AvgIpc) is 2.37. The van der Waals surface area contributed by atoms with Crippen molar-refractivity contribution in [3.8, 4) is 5.75 Å². The summed E-state index contributed by atoms with van der Waals surface area (Å²) in [5.41, 5.74) is 0.127. The molecule has 110 valence electrons. The molecule has 2 rings (SSSR count). The number of hydrogen-bond donors (Lipinski definition) is 2. The monoisotopic (exact) mass is 294 g/mol. The molecule has 0 heterocycles. The molecule has 0 aliphatic carbocycles. The molecule has 2 aromatic rings. The average molecular weight is 294 g/mol. The number of nitro benzene ring substituents is 1. The Balaban J connectivity index is 2.21. The van der Waals surface area contributed by atoms with Crippen LogP contribution in [0.25, 0.3) is 0 Å². The second kappa shape index (κ2) is 5.74. The van der Waals surface area contributed by atoms with E-state index in [1.54, 1.807) is 6.92 Å². The van der Waals surface area contributed by atoms with Crippen LogP contribution in [0.5, 0.6) is 5.75 Å². The first-order chi connectivity index (χ1) is 9.88. The number of hydrogen-bond acceptors (Lipinski definition) is 4. The fourth-order valence-corrected chi connectivity index (χ4v) is 1.96. The van der Waals surface area contributed by atoms with Crippen LogP contribution in [0, 0.1) is 21.7 Å². The Morgan fingerprint density at radius 2 is 1.95 bits per heavy atom. The van der Waals surface area contributed by atoms with Gasteiger partial charge in [0.25, 0.3) is 0 Å². The van der Waals surface area contributed by atoms with E-state index in [0.29, 0.717) is 11.3 Å². The quantitative estimate of drug-likeness (QED) is 0.665. The van der Waals surface area contributed by atoms with E-state index in [2.05, 4.69) is 5.32 Å². The highest BCUT2D eigenvalue weighted by atomic mass is 19.1. The SMILES string of the molecule is CC(Nc1ccc([N+](=O)[O-])c(F)c1)c1ccc(F)cc1O. The molecule has 0 saturated carbocycles. The van der Waals surface area contributed by atoms with Crippen molar-refractivity contribution in [2.45, 2.75) is 13.0 Å². The Bertz CT molecular complexity index is 692. The Kier molecular flexibility index (Phi) is 4.02. The van der Waals surface area contributed by atoms with Crippen LogP contribution in [-0.2, 0) is 0 Å². The van der Waals surface area contributed by atoms with Crippen molar-refractivity contribution in [2.24, 2.45) is 0 Å². The van der Waals surface area contributed by atoms with E-state index in [0.717, 1.165) is 18.2 Å². The normalized spacial score (nSPS) is 12.0. The molecule has 2 N–H and O–H groups in total. The number of anilines is 1. The first kappa shape index (κ1) is 14.7. The van der Waals surface area contributed by atoms with Crippen molar-refractivity contribution < 1.29 is 18.8 Å². The number of nitrogens with zero attached hydrogens (tertiary/aromatic N) is 1. The van der Waals surface area contributed by atoms with Crippen LogP contribution in [-0.4, -0.2) is 10.0 Å². The second-order valence-electron chi connectivity index (χ2n) is 4.49. The molecule has 0 aliphatic heterocycles. The zero-order valence-corrected chi connectivity index (χ0v) is 11.0. The molecule has 0 spiro atoms. The van der Waals surface area contributed by atoms with Gasteiger partial charge in [0.2, 0.25) is 5.82 Å². The summed E-state index contributed by atoms with van der Waals surface area (Å²) >= 11 is 0. The fraction of sp³-hybridized carbons (Fsp3) is 0.143. The minimum Gasteiger partial charge on any atom is -0.507 e. The smallest absolute Gasteiger partial charge is 0.304 e. The van der Waals surface area contributed by atoms with Crippen molar-refractivity contribution in [1.29, 1.82) is 0 Å². The lowest BCUT2D eigenvalue weighted by Gasteiger charge is -2.17. The molecule has 2 aromatic carbocycles. The van der Waals surface area contributed by atoms with Crippen molar-refractivity contribution in [2.75, 3.05) is 5.32 Å². The molecule has 0 bridgehead atoms. The third-order valence-electron chi connectivity index (χ3n) is 2.99. The molecule has 1 unspecified atom stereocenters. The number of aromatic hydroxyl groups is 1. The van der Waals surface area contributed by atoms with Gasteiger partial charge in [-0.15, -0.1) is 0 Å². The van der Waals surface area contributed by atoms with Crippen molar-refractivity contribution in [3.05, 3.63) is 63.7 Å². The van der Waals surface area contributed by atoms with Crippen molar-refractivity contribution >= 4 is 11.4 Å². The Hall–Kier alpha value is -2.70. The number of nitro groups is 1. The molecular formula is C14H12F2N2O3. The third-order valence-corrected chi connectivity index (χ3v) is 2.99. The van der Waals surface area contributed by atoms with Crippen molar-refractivity contribution in [3.63, 3.8) is 0 Å². The molecule has 5 nitrogen and oxygen atoms in total. The minimum atomic E-state index is -0.958. The predicted molar refractivity (Wildman–Crippen MR) is 73.2 cm³/mol. The van der Waals surface area contributed by atoms with Crippen molar-refractivity contribution in [1.82, 2.24) is 0 Å². The maximum atomic E-state index is 13.5. The predicted octanol–water partition coefficient (Wildman–Crippen LogP) is 3.75. The van der Waals surface area contributed by atoms with Crippen LogP contribution in [0.1, 0.15) is 18.5 Å². The maximum absolute atomic E-state index is 13.5. The highest BCUT2D eigenvalue weighted by molar-refractivity contribution is 5.52. The first-order valence-electron chi connectivity index (χ1n) is 6.07. The summed E-state index contributed by atoms with van der Waals surface area (Å²) in [6, 6.07) is 6.55. The summed E-state index contributed by atoms with van der Waals surface area (Å²) in [6.45, 7) is 1.69. The van der Waals surface area contributed by atoms with Crippen LogP contribution < -0.4 is 5.32 Å². The van der Waals surface area contributed by atoms with Gasteiger partial charge >= 0.3 is 5.69 Å². The fourth-order valence-electron chi connectivity index (χ4n) is 1.96. The van der Waals surface area contributed by atoms with Crippen LogP contribution in [0.2, 0.25) is 0 Å². The van der Waals surface area contributed by atoms with E-state index in [9.17, 15) is 24.0 Å². The third kappa shape index (κ3) is 3.25. The van der Waals surface area contributed by atoms with E-state index in [-0.39, 0.29) is 5.75 Å². The molecule has 7 heteroatoms. The van der Waals surface area contributed by atoms with Gasteiger partial charge in [-0.05, 0) is 19.1 Å². The van der Waals surface area contributed by atoms with E-state index in [4.69, 9.17) is 0 Å². The zero-order valence-electron chi connectivity index (χ0n) is 11.0. The zero-order chi connectivity index (χ0) is 15.6. The highest BCUT2D eigenvalue weighted by Gasteiger charge is 2.16. The molecule has 0 radical (unpaired) electrons. The van der Waals surface area contributed by atoms with Crippen LogP contribution in [0.4, 0.5) is 20.2 Å². The summed E-state index contributed by atoms with van der Waals surface area (Å²) < 4.78 is 26.4. The van der Waals surface area contributed by atoms with Gasteiger partial charge in [0.15, 0.2) is 0 Å². The van der Waals surface area contributed by atoms with Gasteiger partial charge in [0, 0.05) is 29.4 Å². The molecular weight excluding hydrogens is 282 g/mol. The van der Waals surface area contributed by atoms with Crippen LogP contribution in [0.15, 0.2) is 36.4 Å². The summed E-state index contributed by atoms with van der Waals surface area (Å²) in [5.74, 6) is -1.75. The topological polar surface area (TPSA) is 75.4 Å². The van der Waals surface area contributed by atoms with Gasteiger partial charge in [-0.2, -0.15) is 4.39 Å². The number of halogens is 2. The Morgan fingerprint density at radius 1 is 1.24 bits per heavy atom. The van der Waals surface area contributed by atoms with E-state index in [1.807, 2.05) is 0 Å². The van der Waals surface area contributed by atoms with Crippen LogP contribution in [0.3, 0.4) is 0 Å². The standard InChI is InChI=1S/C14H12F2N2O3/c1-8(11-4-2-9(15)6-14(11)19)17-10-3-5-13(18(20)21)12(16)7-10/h2-8,17,19H,1H3. The number of phenols is 1. The molecule has 0 amide bonds. The summed E-state index contributed by atoms with van der Waals surface area (Å²) in [7, 11) is 0. The largest absolute Gasteiger partial charge is 0.507 e. The Labute approximate surface area is 119 Å². The lowest BCUT2D eigenvalue weighted by molar-refractivity contribution is -0.387. The van der Waals surface area contributed by atoms with Gasteiger partial charge in [-0.3, -0.25) is 10.1 Å². The van der Waals surface area contributed by atoms with E-state index < -0.39 is 28.3 Å². The second-order valence-corrected chi connectivity index (χ2v) is 4.49. The molecule has 0 aliphatic rings. The van der Waals surface area contributed by atoms with E-state index in [1.165, 1.54) is 18.2 Å². The number of benzene rings is 2. The number of phenolic OH excluding ortho intramolecular Hbond substituents is 1. The van der Waals surface area contributed by atoms with Gasteiger partial charge in [0.1, 0.15) is 11.6 Å². The van der Waals surface area contributed by atoms with Gasteiger partial charge in [-0.1, -0.05) is 6.07 Å². The molecule has 0 saturated heterocycles. The number of rotatable bonds is 4. The number of nitrogens with one attached hydrogen (secondary N) is 1. The molecule has 0 aromatic heterocycles. The molecule has 1 atom stereocenters. The lowest BCUT2D eigenvalue weighted by Crippen LogP contribution is -2.07. The summed E-state index contributed by atoms with van der Waals surface area (Å²) in [5, 5.41) is 23.1. The molecule has 0 fully saturated rings. The van der Waals surface area contributed by atoms with Gasteiger partial charge in [0.05, 0.1) is 11.0 Å². The lowest BCUT2D eigenvalue weighted by atomic mass is 10.1. The Morgan fingerprint density at radius 3 is 2.52 bits per heavy atom. The first-order valence-corrected chi connectivity index (χ1v) is 6.07.